The Balaban J connectivity index is 1.85. The van der Waals surface area contributed by atoms with Crippen molar-refractivity contribution in [1.82, 2.24) is 19.9 Å². The molecule has 2 aromatic rings. The number of nitrogens with one attached hydrogen (secondary N) is 1. The van der Waals surface area contributed by atoms with Crippen LogP contribution < -0.4 is 5.32 Å². The van der Waals surface area contributed by atoms with Crippen LogP contribution in [0.5, 0.6) is 0 Å². The second kappa shape index (κ2) is 7.59. The van der Waals surface area contributed by atoms with Crippen molar-refractivity contribution in [3.8, 4) is 0 Å². The zero-order valence-electron chi connectivity index (χ0n) is 15.1. The molecule has 0 aliphatic carbocycles. The van der Waals surface area contributed by atoms with Gasteiger partial charge in [-0.3, -0.25) is 9.78 Å². The van der Waals surface area contributed by atoms with Gasteiger partial charge in [-0.05, 0) is 37.8 Å². The van der Waals surface area contributed by atoms with E-state index in [0.717, 1.165) is 36.6 Å². The second-order valence-corrected chi connectivity index (χ2v) is 6.92. The molecule has 3 rings (SSSR count). The number of amides is 1. The normalized spacial score (nSPS) is 17.1. The molecular weight excluding hydrogens is 314 g/mol. The van der Waals surface area contributed by atoms with E-state index >= 15 is 0 Å². The molecule has 0 spiro atoms. The number of hydrogen-bond acceptors (Lipinski definition) is 5. The third-order valence-electron chi connectivity index (χ3n) is 4.33. The van der Waals surface area contributed by atoms with Gasteiger partial charge < -0.3 is 10.2 Å². The number of pyridine rings is 1. The third-order valence-corrected chi connectivity index (χ3v) is 4.33. The first kappa shape index (κ1) is 17.3. The molecule has 0 saturated carbocycles. The highest BCUT2D eigenvalue weighted by molar-refractivity contribution is 5.77. The molecule has 1 aliphatic rings. The van der Waals surface area contributed by atoms with E-state index in [1.165, 1.54) is 0 Å². The van der Waals surface area contributed by atoms with E-state index in [9.17, 15) is 4.79 Å². The number of hydrogen-bond donors (Lipinski definition) is 1. The first-order valence-corrected chi connectivity index (χ1v) is 8.85. The minimum Gasteiger partial charge on any atom is -0.334 e. The Morgan fingerprint density at radius 1 is 1.32 bits per heavy atom. The number of aromatic nitrogens is 3. The van der Waals surface area contributed by atoms with E-state index in [2.05, 4.69) is 34.1 Å². The number of aryl methyl sites for hydroxylation is 1. The predicted molar refractivity (Wildman–Crippen MR) is 97.4 cm³/mol. The van der Waals surface area contributed by atoms with E-state index in [4.69, 9.17) is 0 Å². The van der Waals surface area contributed by atoms with Crippen molar-refractivity contribution in [2.45, 2.75) is 46.1 Å². The van der Waals surface area contributed by atoms with Crippen molar-refractivity contribution in [1.29, 1.82) is 0 Å². The van der Waals surface area contributed by atoms with Gasteiger partial charge in [-0.2, -0.15) is 0 Å². The van der Waals surface area contributed by atoms with Crippen LogP contribution in [0.25, 0.3) is 0 Å². The highest BCUT2D eigenvalue weighted by atomic mass is 16.2. The average Bonchev–Trinajstić information content (AvgIpc) is 3.04. The molecule has 6 heteroatoms. The van der Waals surface area contributed by atoms with Crippen molar-refractivity contribution in [3.05, 3.63) is 42.0 Å². The Hall–Kier alpha value is -2.50. The largest absolute Gasteiger partial charge is 0.334 e. The molecule has 2 aromatic heterocycles. The Morgan fingerprint density at radius 3 is 2.88 bits per heavy atom. The number of nitrogens with zero attached hydrogens (tertiary/aromatic N) is 4. The molecule has 1 aliphatic heterocycles. The summed E-state index contributed by atoms with van der Waals surface area (Å²) in [7, 11) is 0. The molecule has 0 radical (unpaired) electrons. The number of likely N-dealkylation sites (tertiary alicyclic amines) is 1. The van der Waals surface area contributed by atoms with Crippen LogP contribution in [0, 0.1) is 12.8 Å². The van der Waals surface area contributed by atoms with Gasteiger partial charge in [0.05, 0.1) is 6.04 Å². The third kappa shape index (κ3) is 4.13. The molecule has 0 bridgehead atoms. The Morgan fingerprint density at radius 2 is 2.12 bits per heavy atom. The summed E-state index contributed by atoms with van der Waals surface area (Å²) in [6.45, 7) is 6.88. The summed E-state index contributed by atoms with van der Waals surface area (Å²) < 4.78 is 0. The monoisotopic (exact) mass is 339 g/mol. The number of rotatable bonds is 5. The van der Waals surface area contributed by atoms with Crippen molar-refractivity contribution in [2.24, 2.45) is 5.92 Å². The van der Waals surface area contributed by atoms with Crippen molar-refractivity contribution < 1.29 is 4.79 Å². The van der Waals surface area contributed by atoms with E-state index in [1.807, 2.05) is 30.0 Å². The van der Waals surface area contributed by atoms with Gasteiger partial charge in [0.2, 0.25) is 5.91 Å². The second-order valence-electron chi connectivity index (χ2n) is 6.92. The smallest absolute Gasteiger partial charge is 0.223 e. The molecule has 6 nitrogen and oxygen atoms in total. The van der Waals surface area contributed by atoms with Crippen molar-refractivity contribution in [2.75, 3.05) is 11.9 Å². The van der Waals surface area contributed by atoms with Gasteiger partial charge in [-0.15, -0.1) is 0 Å². The topological polar surface area (TPSA) is 71.0 Å². The SMILES string of the molecule is Cc1cccc(Nc2nccnc2C2CCCN2C(=O)CC(C)C)n1. The van der Waals surface area contributed by atoms with Gasteiger partial charge in [-0.1, -0.05) is 19.9 Å². The van der Waals surface area contributed by atoms with Gasteiger partial charge in [0.15, 0.2) is 5.82 Å². The standard InChI is InChI=1S/C19H25N5O/c1-13(2)12-17(25)24-11-5-7-15(24)18-19(21-10-9-20-18)23-16-8-4-6-14(3)22-16/h4,6,8-10,13,15H,5,7,11-12H2,1-3H3,(H,21,22,23). The fraction of sp³-hybridized carbons (Fsp3) is 0.474. The summed E-state index contributed by atoms with van der Waals surface area (Å²) in [5, 5.41) is 3.27. The Bertz CT molecular complexity index is 746. The maximum absolute atomic E-state index is 12.6. The van der Waals surface area contributed by atoms with Gasteiger partial charge in [0.25, 0.3) is 0 Å². The fourth-order valence-electron chi connectivity index (χ4n) is 3.24. The molecule has 1 fully saturated rings. The van der Waals surface area contributed by atoms with Crippen LogP contribution in [0.2, 0.25) is 0 Å². The molecule has 3 heterocycles. The van der Waals surface area contributed by atoms with Crippen LogP contribution in [0.3, 0.4) is 0 Å². The average molecular weight is 339 g/mol. The molecule has 25 heavy (non-hydrogen) atoms. The summed E-state index contributed by atoms with van der Waals surface area (Å²) in [6.07, 6.45) is 5.83. The predicted octanol–water partition coefficient (Wildman–Crippen LogP) is 3.63. The summed E-state index contributed by atoms with van der Waals surface area (Å²) in [5.41, 5.74) is 1.76. The van der Waals surface area contributed by atoms with Gasteiger partial charge in [0.1, 0.15) is 11.5 Å². The van der Waals surface area contributed by atoms with E-state index in [0.29, 0.717) is 18.2 Å². The van der Waals surface area contributed by atoms with E-state index in [1.54, 1.807) is 12.4 Å². The zero-order valence-corrected chi connectivity index (χ0v) is 15.1. The lowest BCUT2D eigenvalue weighted by Crippen LogP contribution is -2.32. The summed E-state index contributed by atoms with van der Waals surface area (Å²) in [5.74, 6) is 1.96. The lowest BCUT2D eigenvalue weighted by Gasteiger charge is -2.26. The molecular formula is C19H25N5O. The maximum Gasteiger partial charge on any atom is 0.223 e. The van der Waals surface area contributed by atoms with Gasteiger partial charge >= 0.3 is 0 Å². The number of carbonyl (C=O) groups excluding carboxylic acids is 1. The molecule has 132 valence electrons. The highest BCUT2D eigenvalue weighted by Crippen LogP contribution is 2.35. The number of anilines is 2. The van der Waals surface area contributed by atoms with Crippen LogP contribution in [0.15, 0.2) is 30.6 Å². The first-order chi connectivity index (χ1) is 12.0. The van der Waals surface area contributed by atoms with Crippen LogP contribution >= 0.6 is 0 Å². The fourth-order valence-corrected chi connectivity index (χ4v) is 3.24. The summed E-state index contributed by atoms with van der Waals surface area (Å²) >= 11 is 0. The molecule has 1 saturated heterocycles. The van der Waals surface area contributed by atoms with Crippen molar-refractivity contribution >= 4 is 17.5 Å². The van der Waals surface area contributed by atoms with Crippen LogP contribution in [0.1, 0.15) is 50.5 Å². The van der Waals surface area contributed by atoms with Gasteiger partial charge in [0, 0.05) is 31.1 Å². The lowest BCUT2D eigenvalue weighted by atomic mass is 10.1. The quantitative estimate of drug-likeness (QED) is 0.900. The highest BCUT2D eigenvalue weighted by Gasteiger charge is 2.33. The Kier molecular flexibility index (Phi) is 5.26. The van der Waals surface area contributed by atoms with Crippen LogP contribution in [-0.2, 0) is 4.79 Å². The van der Waals surface area contributed by atoms with E-state index < -0.39 is 0 Å². The molecule has 1 amide bonds. The van der Waals surface area contributed by atoms with Crippen molar-refractivity contribution in [3.63, 3.8) is 0 Å². The van der Waals surface area contributed by atoms with Gasteiger partial charge in [-0.25, -0.2) is 9.97 Å². The zero-order chi connectivity index (χ0) is 17.8. The minimum absolute atomic E-state index is 0.0211. The minimum atomic E-state index is -0.0211. The molecule has 1 atom stereocenters. The van der Waals surface area contributed by atoms with E-state index in [-0.39, 0.29) is 11.9 Å². The number of carbonyl (C=O) groups is 1. The summed E-state index contributed by atoms with van der Waals surface area (Å²) in [6, 6.07) is 5.79. The maximum atomic E-state index is 12.6. The molecule has 1 N–H and O–H groups in total. The lowest BCUT2D eigenvalue weighted by molar-refractivity contribution is -0.132. The Labute approximate surface area is 148 Å². The summed E-state index contributed by atoms with van der Waals surface area (Å²) in [4.78, 5) is 28.0. The van der Waals surface area contributed by atoms with Crippen LogP contribution in [0.4, 0.5) is 11.6 Å². The molecule has 0 aromatic carbocycles. The first-order valence-electron chi connectivity index (χ1n) is 8.85. The van der Waals surface area contributed by atoms with Crippen LogP contribution in [-0.4, -0.2) is 32.3 Å². The molecule has 1 unspecified atom stereocenters.